The lowest BCUT2D eigenvalue weighted by atomic mass is 10.0. The van der Waals surface area contributed by atoms with E-state index in [9.17, 15) is 22.8 Å². The summed E-state index contributed by atoms with van der Waals surface area (Å²) in [5.74, 6) is -2.16. The van der Waals surface area contributed by atoms with Gasteiger partial charge in [-0.2, -0.15) is 23.4 Å². The lowest BCUT2D eigenvalue weighted by molar-refractivity contribution is -0.170. The lowest BCUT2D eigenvalue weighted by Gasteiger charge is -2.29. The maximum absolute atomic E-state index is 14.3. The van der Waals surface area contributed by atoms with E-state index in [4.69, 9.17) is 19.4 Å². The van der Waals surface area contributed by atoms with Gasteiger partial charge in [-0.3, -0.25) is 9.59 Å². The molecule has 0 radical (unpaired) electrons. The van der Waals surface area contributed by atoms with Crippen LogP contribution in [0.15, 0.2) is 36.7 Å². The molecule has 17 heteroatoms. The number of alkyl halides is 3. The summed E-state index contributed by atoms with van der Waals surface area (Å²) in [6, 6.07) is 6.60. The van der Waals surface area contributed by atoms with Gasteiger partial charge in [0.15, 0.2) is 11.3 Å². The van der Waals surface area contributed by atoms with Crippen molar-refractivity contribution in [3.63, 3.8) is 0 Å². The van der Waals surface area contributed by atoms with Crippen LogP contribution in [0, 0.1) is 0 Å². The van der Waals surface area contributed by atoms with Gasteiger partial charge in [0.2, 0.25) is 5.91 Å². The number of nitrogens with zero attached hydrogens (tertiary/aromatic N) is 7. The number of nitrogens with one attached hydrogen (secondary N) is 3. The quantitative estimate of drug-likeness (QED) is 0.0961. The molecule has 0 saturated carbocycles. The highest BCUT2D eigenvalue weighted by Crippen LogP contribution is 2.35. The fraction of sp³-hybridized carbons (Fsp3) is 0.535. The molecule has 0 spiro atoms. The monoisotopic (exact) mass is 832 g/mol. The normalized spacial score (nSPS) is 15.4. The van der Waals surface area contributed by atoms with Crippen LogP contribution in [-0.2, 0) is 64.5 Å². The Morgan fingerprint density at radius 2 is 1.27 bits per heavy atom. The molecule has 0 unspecified atom stereocenters. The Morgan fingerprint density at radius 1 is 0.767 bits per heavy atom. The molecule has 2 amide bonds. The van der Waals surface area contributed by atoms with Crippen molar-refractivity contribution < 1.29 is 32.2 Å². The summed E-state index contributed by atoms with van der Waals surface area (Å²) < 4.78 is 57.7. The minimum absolute atomic E-state index is 0.0248. The molecular weight excluding hydrogens is 778 g/mol. The van der Waals surface area contributed by atoms with Crippen molar-refractivity contribution >= 4 is 50.9 Å². The van der Waals surface area contributed by atoms with Crippen molar-refractivity contribution in [1.82, 2.24) is 34.8 Å². The molecule has 1 aromatic carbocycles. The Kier molecular flexibility index (Phi) is 13.5. The van der Waals surface area contributed by atoms with Gasteiger partial charge in [-0.1, -0.05) is 26.0 Å². The fourth-order valence-corrected chi connectivity index (χ4v) is 8.15. The van der Waals surface area contributed by atoms with Crippen LogP contribution in [-0.4, -0.2) is 86.0 Å². The van der Waals surface area contributed by atoms with Gasteiger partial charge in [0.1, 0.15) is 0 Å². The van der Waals surface area contributed by atoms with E-state index in [-0.39, 0.29) is 43.2 Å². The van der Waals surface area contributed by atoms with Crippen molar-refractivity contribution in [1.29, 1.82) is 0 Å². The maximum atomic E-state index is 14.3. The van der Waals surface area contributed by atoms with Gasteiger partial charge in [-0.25, -0.2) is 19.3 Å². The molecule has 7 rings (SSSR count). The fourth-order valence-electron chi connectivity index (χ4n) is 8.15. The van der Waals surface area contributed by atoms with Crippen LogP contribution < -0.4 is 20.9 Å². The third-order valence-electron chi connectivity index (χ3n) is 11.5. The second-order valence-corrected chi connectivity index (χ2v) is 15.3. The number of carbonyl (C=O) groups excluding carboxylic acids is 2. The number of hydrogen-bond donors (Lipinski definition) is 3. The topological polar surface area (TPSA) is 153 Å². The van der Waals surface area contributed by atoms with Gasteiger partial charge < -0.3 is 30.3 Å². The molecule has 0 bridgehead atoms. The van der Waals surface area contributed by atoms with Crippen LogP contribution >= 0.6 is 0 Å². The van der Waals surface area contributed by atoms with Crippen molar-refractivity contribution in [2.75, 3.05) is 42.0 Å². The first kappa shape index (κ1) is 42.8. The predicted molar refractivity (Wildman–Crippen MR) is 224 cm³/mol. The Bertz CT molecular complexity index is 2280. The van der Waals surface area contributed by atoms with E-state index in [2.05, 4.69) is 26.1 Å². The number of ether oxygens (including phenoxy) is 2. The number of rotatable bonds is 16. The van der Waals surface area contributed by atoms with E-state index in [1.165, 1.54) is 12.1 Å². The van der Waals surface area contributed by atoms with Gasteiger partial charge in [-0.05, 0) is 76.5 Å². The zero-order valence-corrected chi connectivity index (χ0v) is 34.8. The molecule has 4 aromatic heterocycles. The average Bonchev–Trinajstić information content (AvgIpc) is 3.88. The van der Waals surface area contributed by atoms with Crippen molar-refractivity contribution in [3.05, 3.63) is 64.7 Å². The lowest BCUT2D eigenvalue weighted by Crippen LogP contribution is -2.41. The average molecular weight is 833 g/mol. The molecule has 2 aliphatic heterocycles. The molecule has 2 fully saturated rings. The summed E-state index contributed by atoms with van der Waals surface area (Å²) in [6.07, 6.45) is 3.16. The van der Waals surface area contributed by atoms with E-state index in [1.807, 2.05) is 38.6 Å². The molecule has 2 saturated heterocycles. The molecule has 60 heavy (non-hydrogen) atoms. The summed E-state index contributed by atoms with van der Waals surface area (Å²) in [7, 11) is 0. The van der Waals surface area contributed by atoms with E-state index in [0.29, 0.717) is 86.8 Å². The van der Waals surface area contributed by atoms with Crippen molar-refractivity contribution in [2.45, 2.75) is 124 Å². The highest BCUT2D eigenvalue weighted by Gasteiger charge is 2.43. The summed E-state index contributed by atoms with van der Waals surface area (Å²) in [6.45, 7) is 11.6. The summed E-state index contributed by atoms with van der Waals surface area (Å²) in [5, 5.41) is 21.1. The summed E-state index contributed by atoms with van der Waals surface area (Å²) in [4.78, 5) is 37.1. The smallest absolute Gasteiger partial charge is 0.381 e. The van der Waals surface area contributed by atoms with E-state index >= 15 is 0 Å². The zero-order valence-electron chi connectivity index (χ0n) is 34.8. The molecule has 5 aromatic rings. The molecule has 0 atom stereocenters. The van der Waals surface area contributed by atoms with Crippen LogP contribution in [0.4, 0.5) is 30.2 Å². The minimum Gasteiger partial charge on any atom is -0.381 e. The predicted octanol–water partition coefficient (Wildman–Crippen LogP) is 6.87. The number of aromatic nitrogens is 6. The second-order valence-electron chi connectivity index (χ2n) is 15.3. The third-order valence-corrected chi connectivity index (χ3v) is 11.5. The van der Waals surface area contributed by atoms with Gasteiger partial charge in [0.25, 0.3) is 0 Å². The number of benzene rings is 1. The van der Waals surface area contributed by atoms with Crippen molar-refractivity contribution in [3.8, 4) is 0 Å². The number of fused-ring (bicyclic) bond motifs is 2. The Labute approximate surface area is 347 Å². The van der Waals surface area contributed by atoms with Crippen LogP contribution in [0.2, 0.25) is 0 Å². The number of halogens is 3. The van der Waals surface area contributed by atoms with Crippen LogP contribution in [0.1, 0.15) is 87.9 Å². The van der Waals surface area contributed by atoms with E-state index in [1.54, 1.807) is 23.0 Å². The highest BCUT2D eigenvalue weighted by molar-refractivity contribution is 5.98. The Morgan fingerprint density at radius 3 is 1.75 bits per heavy atom. The number of carbonyl (C=O) groups is 2. The maximum Gasteiger partial charge on any atom is 0.471 e. The van der Waals surface area contributed by atoms with Crippen LogP contribution in [0.3, 0.4) is 0 Å². The number of pyridine rings is 2. The van der Waals surface area contributed by atoms with Crippen molar-refractivity contribution in [2.24, 2.45) is 0 Å². The number of aryl methyl sites for hydroxylation is 5. The number of amides is 2. The van der Waals surface area contributed by atoms with Crippen LogP contribution in [0.25, 0.3) is 22.1 Å². The molecular formula is C43H55F3N10O4. The first-order valence-corrected chi connectivity index (χ1v) is 21.2. The van der Waals surface area contributed by atoms with Crippen LogP contribution in [0.5, 0.6) is 0 Å². The van der Waals surface area contributed by atoms with Gasteiger partial charge in [0, 0.05) is 92.8 Å². The highest BCUT2D eigenvalue weighted by atomic mass is 19.4. The Hall–Kier alpha value is -5.29. The zero-order chi connectivity index (χ0) is 42.4. The molecule has 3 N–H and O–H groups in total. The molecule has 14 nitrogen and oxygen atoms in total. The molecule has 0 aliphatic carbocycles. The molecule has 322 valence electrons. The molecule has 2 aliphatic rings. The van der Waals surface area contributed by atoms with Gasteiger partial charge in [-0.15, -0.1) is 0 Å². The third kappa shape index (κ3) is 9.36. The van der Waals surface area contributed by atoms with Gasteiger partial charge >= 0.3 is 12.1 Å². The number of hydrogen-bond acceptors (Lipinski definition) is 10. The molecule has 6 heterocycles. The second kappa shape index (κ2) is 19.0. The SMILES string of the molecule is CCc1nc2c(cnn2CC)c(NC2CCOCC2)c1CNC(=O)CCc1ccc(N(Cc2c(CC)nc3c(cnn3CC)c2NC2CCOCC2)C(=O)C(F)(F)F)cc1. The minimum atomic E-state index is -5.13. The van der Waals surface area contributed by atoms with E-state index < -0.39 is 12.1 Å². The van der Waals surface area contributed by atoms with Gasteiger partial charge in [0.05, 0.1) is 41.1 Å². The largest absolute Gasteiger partial charge is 0.471 e. The Balaban J connectivity index is 1.09. The summed E-state index contributed by atoms with van der Waals surface area (Å²) >= 11 is 0. The number of anilines is 3. The summed E-state index contributed by atoms with van der Waals surface area (Å²) in [5.41, 5.74) is 6.72. The first-order chi connectivity index (χ1) is 29.0. The van der Waals surface area contributed by atoms with E-state index in [0.717, 1.165) is 64.1 Å². The standard InChI is InChI=1S/C43H55F3N10O4/c1-5-35-31(38(50-28-15-19-59-20-16-28)32-24-48-55(7-3)40(32)52-35)23-47-37(57)14-11-27-9-12-30(13-10-27)54(42(58)43(44,45)46)26-34-36(6-2)53-41-33(25-49-56(41)8-4)39(34)51-29-17-21-60-22-18-29/h9-10,12-13,24-25,28-29H,5-8,11,14-23,26H2,1-4H3,(H,47,57)(H,50,52)(H,51,53). The first-order valence-electron chi connectivity index (χ1n) is 21.2.